The summed E-state index contributed by atoms with van der Waals surface area (Å²) in [4.78, 5) is 0. The van der Waals surface area contributed by atoms with Gasteiger partial charge in [0, 0.05) is 12.1 Å². The summed E-state index contributed by atoms with van der Waals surface area (Å²) in [6.07, 6.45) is 0.988. The zero-order valence-corrected chi connectivity index (χ0v) is 13.7. The molecule has 0 heterocycles. The van der Waals surface area contributed by atoms with Crippen molar-refractivity contribution < 1.29 is 9.47 Å². The predicted octanol–water partition coefficient (Wildman–Crippen LogP) is 4.80. The van der Waals surface area contributed by atoms with Crippen LogP contribution in [0.5, 0.6) is 11.5 Å². The summed E-state index contributed by atoms with van der Waals surface area (Å²) in [5.41, 5.74) is 5.51. The van der Waals surface area contributed by atoms with Gasteiger partial charge in [0.1, 0.15) is 23.1 Å². The predicted molar refractivity (Wildman–Crippen MR) is 83.3 cm³/mol. The molecular formula is C11H12Cl5NO2. The van der Waals surface area contributed by atoms with Crippen LogP contribution in [-0.2, 0) is 0 Å². The first-order valence-corrected chi connectivity index (χ1v) is 6.46. The Morgan fingerprint density at radius 2 is 1.84 bits per heavy atom. The molecule has 0 saturated carbocycles. The van der Waals surface area contributed by atoms with Crippen LogP contribution < -0.4 is 15.2 Å². The van der Waals surface area contributed by atoms with Crippen molar-refractivity contribution in [3.63, 3.8) is 0 Å². The third-order valence-electron chi connectivity index (χ3n) is 1.76. The van der Waals surface area contributed by atoms with E-state index < -0.39 is 6.23 Å². The summed E-state index contributed by atoms with van der Waals surface area (Å²) in [6.45, 7) is 1.88. The Kier molecular flexibility index (Phi) is 8.99. The molecule has 0 bridgehead atoms. The van der Waals surface area contributed by atoms with Crippen molar-refractivity contribution in [3.05, 3.63) is 32.7 Å². The van der Waals surface area contributed by atoms with Gasteiger partial charge in [-0.05, 0) is 13.0 Å². The van der Waals surface area contributed by atoms with E-state index in [1.54, 1.807) is 19.1 Å². The largest absolute Gasteiger partial charge is 0.489 e. The molecule has 108 valence electrons. The maximum absolute atomic E-state index is 6.01. The molecule has 0 radical (unpaired) electrons. The van der Waals surface area contributed by atoms with E-state index >= 15 is 0 Å². The van der Waals surface area contributed by atoms with Gasteiger partial charge in [0.25, 0.3) is 0 Å². The van der Waals surface area contributed by atoms with E-state index in [2.05, 4.69) is 0 Å². The smallest absolute Gasteiger partial charge is 0.159 e. The van der Waals surface area contributed by atoms with E-state index in [0.717, 1.165) is 0 Å². The van der Waals surface area contributed by atoms with E-state index in [9.17, 15) is 0 Å². The Bertz CT molecular complexity index is 424. The van der Waals surface area contributed by atoms with Gasteiger partial charge in [0.2, 0.25) is 0 Å². The Morgan fingerprint density at radius 1 is 1.32 bits per heavy atom. The highest BCUT2D eigenvalue weighted by atomic mass is 35.5. The van der Waals surface area contributed by atoms with Crippen LogP contribution in [0.3, 0.4) is 0 Å². The molecule has 1 rings (SSSR count). The lowest BCUT2D eigenvalue weighted by Crippen LogP contribution is -2.22. The van der Waals surface area contributed by atoms with E-state index in [-0.39, 0.29) is 23.5 Å². The third kappa shape index (κ3) is 6.80. The van der Waals surface area contributed by atoms with Crippen LogP contribution in [0, 0.1) is 0 Å². The van der Waals surface area contributed by atoms with E-state index in [4.69, 9.17) is 61.6 Å². The molecule has 0 aliphatic carbocycles. The maximum Gasteiger partial charge on any atom is 0.159 e. The number of benzene rings is 1. The van der Waals surface area contributed by atoms with Gasteiger partial charge < -0.3 is 9.47 Å². The van der Waals surface area contributed by atoms with E-state index in [1.165, 1.54) is 6.08 Å². The van der Waals surface area contributed by atoms with Crippen molar-refractivity contribution in [1.29, 1.82) is 0 Å². The van der Waals surface area contributed by atoms with Gasteiger partial charge in [-0.15, -0.1) is 12.4 Å². The molecule has 1 aromatic carbocycles. The summed E-state index contributed by atoms with van der Waals surface area (Å²) >= 11 is 22.9. The molecule has 2 N–H and O–H groups in total. The van der Waals surface area contributed by atoms with Crippen LogP contribution in [0.1, 0.15) is 6.92 Å². The number of ether oxygens (including phenoxy) is 2. The minimum absolute atomic E-state index is 0. The van der Waals surface area contributed by atoms with Crippen LogP contribution in [0.15, 0.2) is 22.7 Å². The van der Waals surface area contributed by atoms with Gasteiger partial charge in [-0.1, -0.05) is 46.4 Å². The topological polar surface area (TPSA) is 44.5 Å². The molecule has 0 spiro atoms. The monoisotopic (exact) mass is 365 g/mol. The molecule has 0 aromatic heterocycles. The highest BCUT2D eigenvalue weighted by Crippen LogP contribution is 2.37. The van der Waals surface area contributed by atoms with Gasteiger partial charge >= 0.3 is 0 Å². The number of rotatable bonds is 5. The fourth-order valence-electron chi connectivity index (χ4n) is 1.12. The second kappa shape index (κ2) is 9.01. The number of hydrogen-bond donors (Lipinski definition) is 1. The zero-order chi connectivity index (χ0) is 13.7. The van der Waals surface area contributed by atoms with Crippen molar-refractivity contribution >= 4 is 58.8 Å². The zero-order valence-electron chi connectivity index (χ0n) is 9.83. The lowest BCUT2D eigenvalue weighted by molar-refractivity contribution is 0.230. The molecular weight excluding hydrogens is 355 g/mol. The van der Waals surface area contributed by atoms with Crippen LogP contribution in [-0.4, -0.2) is 12.8 Å². The fraction of sp³-hybridized carbons (Fsp3) is 0.273. The van der Waals surface area contributed by atoms with Crippen molar-refractivity contribution in [3.8, 4) is 11.5 Å². The Morgan fingerprint density at radius 3 is 2.26 bits per heavy atom. The van der Waals surface area contributed by atoms with Crippen LogP contribution in [0.25, 0.3) is 0 Å². The maximum atomic E-state index is 6.01. The Labute approximate surface area is 137 Å². The number of hydrogen-bond acceptors (Lipinski definition) is 3. The molecule has 0 amide bonds. The summed E-state index contributed by atoms with van der Waals surface area (Å²) in [7, 11) is 0. The van der Waals surface area contributed by atoms with Crippen molar-refractivity contribution in [1.82, 2.24) is 0 Å². The van der Waals surface area contributed by atoms with Crippen molar-refractivity contribution in [2.45, 2.75) is 13.2 Å². The third-order valence-corrected chi connectivity index (χ3v) is 2.63. The quantitative estimate of drug-likeness (QED) is 0.761. The van der Waals surface area contributed by atoms with Crippen LogP contribution in [0.2, 0.25) is 10.0 Å². The fourth-order valence-corrected chi connectivity index (χ4v) is 1.80. The van der Waals surface area contributed by atoms with Crippen LogP contribution >= 0.6 is 58.8 Å². The Balaban J connectivity index is 0.00000324. The minimum atomic E-state index is -0.509. The highest BCUT2D eigenvalue weighted by Gasteiger charge is 2.11. The van der Waals surface area contributed by atoms with Gasteiger partial charge in [-0.2, -0.15) is 0 Å². The normalized spacial score (nSPS) is 11.3. The molecule has 1 aromatic rings. The molecule has 1 unspecified atom stereocenters. The second-order valence-corrected chi connectivity index (χ2v) is 5.17. The van der Waals surface area contributed by atoms with E-state index in [0.29, 0.717) is 21.5 Å². The first-order chi connectivity index (χ1) is 8.40. The Hall–Kier alpha value is -0.0300. The molecule has 3 nitrogen and oxygen atoms in total. The summed E-state index contributed by atoms with van der Waals surface area (Å²) in [6, 6.07) is 3.14. The first-order valence-electron chi connectivity index (χ1n) is 4.95. The molecule has 0 aliphatic rings. The highest BCUT2D eigenvalue weighted by molar-refractivity contribution is 6.55. The summed E-state index contributed by atoms with van der Waals surface area (Å²) in [5, 5.41) is 0.631. The molecule has 0 saturated heterocycles. The van der Waals surface area contributed by atoms with E-state index in [1.807, 2.05) is 0 Å². The molecule has 1 atom stereocenters. The standard InChI is InChI=1S/C11H11Cl4NO2.ClH/c1-6(16)18-11-8(12)4-7(5-9(11)13)17-3-2-10(14)15;/h2,4-6H,3,16H2,1H3;1H. The minimum Gasteiger partial charge on any atom is -0.489 e. The number of nitrogens with two attached hydrogens (primary N) is 1. The molecule has 19 heavy (non-hydrogen) atoms. The van der Waals surface area contributed by atoms with Crippen molar-refractivity contribution in [2.24, 2.45) is 5.73 Å². The molecule has 8 heteroatoms. The van der Waals surface area contributed by atoms with Gasteiger partial charge in [-0.3, -0.25) is 5.73 Å². The summed E-state index contributed by atoms with van der Waals surface area (Å²) < 4.78 is 10.7. The first kappa shape index (κ1) is 19.0. The van der Waals surface area contributed by atoms with Gasteiger partial charge in [-0.25, -0.2) is 0 Å². The summed E-state index contributed by atoms with van der Waals surface area (Å²) in [5.74, 6) is 0.805. The second-order valence-electron chi connectivity index (χ2n) is 3.34. The average molecular weight is 367 g/mol. The van der Waals surface area contributed by atoms with Crippen molar-refractivity contribution in [2.75, 3.05) is 6.61 Å². The molecule has 0 aliphatic heterocycles. The molecule has 0 fully saturated rings. The lowest BCUT2D eigenvalue weighted by atomic mass is 10.3. The van der Waals surface area contributed by atoms with Crippen LogP contribution in [0.4, 0.5) is 0 Å². The lowest BCUT2D eigenvalue weighted by Gasteiger charge is -2.14. The average Bonchev–Trinajstić information content (AvgIpc) is 2.22. The van der Waals surface area contributed by atoms with Gasteiger partial charge in [0.15, 0.2) is 5.75 Å². The number of halogens is 5. The van der Waals surface area contributed by atoms with Gasteiger partial charge in [0.05, 0.1) is 10.0 Å². The SMILES string of the molecule is CC(N)Oc1c(Cl)cc(OCC=C(Cl)Cl)cc1Cl.Cl.